The highest BCUT2D eigenvalue weighted by molar-refractivity contribution is 8.00. The van der Waals surface area contributed by atoms with E-state index in [1.54, 1.807) is 6.26 Å². The number of benzene rings is 1. The topological polar surface area (TPSA) is 38.5 Å². The summed E-state index contributed by atoms with van der Waals surface area (Å²) in [5.74, 6) is 5.40. The maximum Gasteiger partial charge on any atom is 0.126 e. The Kier molecular flexibility index (Phi) is 2.98. The Hall–Kier alpha value is -0.680. The zero-order valence-corrected chi connectivity index (χ0v) is 8.89. The zero-order valence-electron chi connectivity index (χ0n) is 7.31. The van der Waals surface area contributed by atoms with E-state index in [9.17, 15) is 0 Å². The first-order valence-corrected chi connectivity index (χ1v) is 5.22. The van der Waals surface area contributed by atoms with E-state index in [1.165, 1.54) is 22.1 Å². The molecule has 1 heterocycles. The van der Waals surface area contributed by atoms with Gasteiger partial charge in [0.05, 0.1) is 0 Å². The van der Waals surface area contributed by atoms with Crippen molar-refractivity contribution in [3.63, 3.8) is 0 Å². The van der Waals surface area contributed by atoms with Crippen molar-refractivity contribution in [1.29, 1.82) is 0 Å². The van der Waals surface area contributed by atoms with Crippen LogP contribution in [0.15, 0.2) is 35.4 Å². The molecule has 0 saturated carbocycles. The molecule has 0 fully saturated rings. The van der Waals surface area contributed by atoms with Crippen molar-refractivity contribution in [1.82, 2.24) is 4.58 Å². The smallest absolute Gasteiger partial charge is 0.126 e. The van der Waals surface area contributed by atoms with E-state index in [-0.39, 0.29) is 0 Å². The van der Waals surface area contributed by atoms with Crippen molar-refractivity contribution < 1.29 is 4.84 Å². The fourth-order valence-corrected chi connectivity index (χ4v) is 1.91. The molecule has 1 aromatic carbocycles. The number of nitrogens with zero attached hydrogens (tertiary/aromatic N) is 1. The summed E-state index contributed by atoms with van der Waals surface area (Å²) in [5, 5.41) is 0.749. The molecule has 0 saturated heterocycles. The molecule has 1 aliphatic heterocycles. The number of hydrogen-bond acceptors (Lipinski definition) is 4. The molecular formula is C9H9ClN2OS. The molecule has 74 valence electrons. The molecule has 1 aromatic rings. The lowest BCUT2D eigenvalue weighted by Crippen LogP contribution is -2.17. The molecule has 0 atom stereocenters. The van der Waals surface area contributed by atoms with E-state index < -0.39 is 0 Å². The van der Waals surface area contributed by atoms with Gasteiger partial charge in [-0.05, 0) is 22.3 Å². The lowest BCUT2D eigenvalue weighted by Gasteiger charge is -2.03. The van der Waals surface area contributed by atoms with Crippen LogP contribution in [0, 0.1) is 0 Å². The zero-order chi connectivity index (χ0) is 9.97. The Bertz CT molecular complexity index is 352. The Morgan fingerprint density at radius 3 is 2.64 bits per heavy atom. The van der Waals surface area contributed by atoms with Crippen LogP contribution in [0.25, 0.3) is 0 Å². The summed E-state index contributed by atoms with van der Waals surface area (Å²) < 4.78 is 1.23. The van der Waals surface area contributed by atoms with Gasteiger partial charge in [-0.25, -0.2) is 5.84 Å². The monoisotopic (exact) mass is 228 g/mol. The Labute approximate surface area is 91.5 Å². The molecule has 0 aromatic heterocycles. The number of halogens is 1. The summed E-state index contributed by atoms with van der Waals surface area (Å²) in [6.07, 6.45) is 2.47. The number of hydrogen-bond donors (Lipinski definition) is 1. The number of rotatable bonds is 2. The molecular weight excluding hydrogens is 220 g/mol. The van der Waals surface area contributed by atoms with Crippen LogP contribution in [0.1, 0.15) is 5.56 Å². The Morgan fingerprint density at radius 1 is 1.36 bits per heavy atom. The first-order chi connectivity index (χ1) is 6.74. The highest BCUT2D eigenvalue weighted by Gasteiger charge is 2.13. The minimum absolute atomic E-state index is 0.749. The van der Waals surface area contributed by atoms with Gasteiger partial charge in [-0.1, -0.05) is 23.7 Å². The van der Waals surface area contributed by atoms with Crippen LogP contribution < -0.4 is 5.84 Å². The van der Waals surface area contributed by atoms with Crippen molar-refractivity contribution in [2.75, 3.05) is 0 Å². The second-order valence-corrected chi connectivity index (χ2v) is 4.37. The van der Waals surface area contributed by atoms with E-state index >= 15 is 0 Å². The number of nitrogens with two attached hydrogens (primary N) is 1. The van der Waals surface area contributed by atoms with Crippen molar-refractivity contribution >= 4 is 23.5 Å². The molecule has 0 radical (unpaired) electrons. The largest absolute Gasteiger partial charge is 0.387 e. The van der Waals surface area contributed by atoms with E-state index in [0.717, 1.165) is 16.3 Å². The second-order valence-electron chi connectivity index (χ2n) is 2.87. The van der Waals surface area contributed by atoms with Crippen LogP contribution in [-0.4, -0.2) is 4.58 Å². The van der Waals surface area contributed by atoms with E-state index in [4.69, 9.17) is 22.3 Å². The summed E-state index contributed by atoms with van der Waals surface area (Å²) >= 11 is 7.16. The summed E-state index contributed by atoms with van der Waals surface area (Å²) in [7, 11) is 0. The van der Waals surface area contributed by atoms with Crippen LogP contribution in [0.2, 0.25) is 5.02 Å². The van der Waals surface area contributed by atoms with Gasteiger partial charge in [0.2, 0.25) is 0 Å². The SMILES string of the molecule is NN1OC=C(Cc2ccc(Cl)cc2)S1. The van der Waals surface area contributed by atoms with Gasteiger partial charge in [0, 0.05) is 28.3 Å². The van der Waals surface area contributed by atoms with Gasteiger partial charge in [0.1, 0.15) is 6.26 Å². The van der Waals surface area contributed by atoms with E-state index in [1.807, 2.05) is 24.3 Å². The minimum Gasteiger partial charge on any atom is -0.387 e. The minimum atomic E-state index is 0.749. The van der Waals surface area contributed by atoms with Crippen molar-refractivity contribution in [2.45, 2.75) is 6.42 Å². The van der Waals surface area contributed by atoms with Gasteiger partial charge in [-0.3, -0.25) is 0 Å². The quantitative estimate of drug-likeness (QED) is 0.624. The molecule has 14 heavy (non-hydrogen) atoms. The summed E-state index contributed by atoms with van der Waals surface area (Å²) in [4.78, 5) is 6.03. The maximum absolute atomic E-state index is 5.78. The summed E-state index contributed by atoms with van der Waals surface area (Å²) in [5.41, 5.74) is 1.19. The summed E-state index contributed by atoms with van der Waals surface area (Å²) in [6.45, 7) is 0. The van der Waals surface area contributed by atoms with Gasteiger partial charge in [0.25, 0.3) is 0 Å². The predicted octanol–water partition coefficient (Wildman–Crippen LogP) is 2.49. The van der Waals surface area contributed by atoms with Gasteiger partial charge < -0.3 is 4.84 Å². The molecule has 2 rings (SSSR count). The Morgan fingerprint density at radius 2 is 2.07 bits per heavy atom. The second kappa shape index (κ2) is 4.23. The standard InChI is InChI=1S/C9H9ClN2OS/c10-8-3-1-7(2-4-8)5-9-6-13-12(11)14-9/h1-4,6H,5,11H2. The van der Waals surface area contributed by atoms with Crippen LogP contribution in [0.5, 0.6) is 0 Å². The molecule has 0 bridgehead atoms. The van der Waals surface area contributed by atoms with Crippen molar-refractivity contribution in [3.8, 4) is 0 Å². The summed E-state index contributed by atoms with van der Waals surface area (Å²) in [6, 6.07) is 7.72. The molecule has 1 aliphatic rings. The first-order valence-electron chi connectivity index (χ1n) is 4.07. The van der Waals surface area contributed by atoms with Crippen LogP contribution in [0.3, 0.4) is 0 Å². The molecule has 5 heteroatoms. The van der Waals surface area contributed by atoms with E-state index in [0.29, 0.717) is 0 Å². The van der Waals surface area contributed by atoms with Gasteiger partial charge >= 0.3 is 0 Å². The molecule has 0 unspecified atom stereocenters. The molecule has 2 N–H and O–H groups in total. The van der Waals surface area contributed by atoms with Crippen LogP contribution in [0.4, 0.5) is 0 Å². The van der Waals surface area contributed by atoms with Gasteiger partial charge in [-0.2, -0.15) is 0 Å². The fraction of sp³-hybridized carbons (Fsp3) is 0.111. The average molecular weight is 229 g/mol. The predicted molar refractivity (Wildman–Crippen MR) is 57.9 cm³/mol. The fourth-order valence-electron chi connectivity index (χ4n) is 1.15. The van der Waals surface area contributed by atoms with Crippen LogP contribution >= 0.6 is 23.5 Å². The molecule has 0 aliphatic carbocycles. The highest BCUT2D eigenvalue weighted by atomic mass is 35.5. The van der Waals surface area contributed by atoms with E-state index in [2.05, 4.69) is 0 Å². The maximum atomic E-state index is 5.78. The van der Waals surface area contributed by atoms with Gasteiger partial charge in [0.15, 0.2) is 0 Å². The molecule has 0 spiro atoms. The lowest BCUT2D eigenvalue weighted by atomic mass is 10.1. The average Bonchev–Trinajstić information content (AvgIpc) is 2.56. The third-order valence-corrected chi connectivity index (χ3v) is 2.78. The third-order valence-electron chi connectivity index (χ3n) is 1.79. The highest BCUT2D eigenvalue weighted by Crippen LogP contribution is 2.28. The Balaban J connectivity index is 2.01. The van der Waals surface area contributed by atoms with Gasteiger partial charge in [-0.15, -0.1) is 0 Å². The number of hydrazine groups is 1. The normalized spacial score (nSPS) is 16.6. The first kappa shape index (κ1) is 9.86. The van der Waals surface area contributed by atoms with Crippen molar-refractivity contribution in [3.05, 3.63) is 46.0 Å². The van der Waals surface area contributed by atoms with Crippen molar-refractivity contribution in [2.24, 2.45) is 5.84 Å². The lowest BCUT2D eigenvalue weighted by molar-refractivity contribution is 0.00420. The molecule has 0 amide bonds. The number of allylic oxidation sites excluding steroid dienone is 1. The third kappa shape index (κ3) is 2.42. The van der Waals surface area contributed by atoms with Crippen LogP contribution in [-0.2, 0) is 11.3 Å². The molecule has 3 nitrogen and oxygen atoms in total.